The number of carbonyl (C=O) groups excluding carboxylic acids is 2. The summed E-state index contributed by atoms with van der Waals surface area (Å²) in [6.07, 6.45) is 0.163. The molecule has 0 spiro atoms. The molecule has 0 radical (unpaired) electrons. The Labute approximate surface area is 187 Å². The minimum Gasteiger partial charge on any atom is -0.497 e. The van der Waals surface area contributed by atoms with Crippen LogP contribution in [0.25, 0.3) is 0 Å². The zero-order chi connectivity index (χ0) is 22.5. The summed E-state index contributed by atoms with van der Waals surface area (Å²) in [7, 11) is 3.22. The van der Waals surface area contributed by atoms with Gasteiger partial charge in [-0.2, -0.15) is 0 Å². The van der Waals surface area contributed by atoms with Gasteiger partial charge in [0.25, 0.3) is 5.91 Å². The first-order valence-corrected chi connectivity index (χ1v) is 10.5. The molecular formula is C26H26N2O4. The van der Waals surface area contributed by atoms with Crippen molar-refractivity contribution in [1.29, 1.82) is 0 Å². The Morgan fingerprint density at radius 2 is 1.72 bits per heavy atom. The fourth-order valence-corrected chi connectivity index (χ4v) is 3.99. The van der Waals surface area contributed by atoms with Crippen molar-refractivity contribution in [2.45, 2.75) is 25.6 Å². The van der Waals surface area contributed by atoms with Gasteiger partial charge < -0.3 is 19.7 Å². The van der Waals surface area contributed by atoms with Crippen LogP contribution in [0.4, 0.5) is 0 Å². The number of methoxy groups -OCH3 is 2. The van der Waals surface area contributed by atoms with Gasteiger partial charge in [-0.1, -0.05) is 42.5 Å². The number of nitrogens with zero attached hydrogens (tertiary/aromatic N) is 1. The van der Waals surface area contributed by atoms with Crippen molar-refractivity contribution in [3.05, 3.63) is 95.1 Å². The Morgan fingerprint density at radius 3 is 2.44 bits per heavy atom. The molecule has 1 unspecified atom stereocenters. The second-order valence-electron chi connectivity index (χ2n) is 7.71. The molecule has 0 saturated heterocycles. The average molecular weight is 431 g/mol. The topological polar surface area (TPSA) is 67.9 Å². The van der Waals surface area contributed by atoms with E-state index in [1.807, 2.05) is 72.8 Å². The van der Waals surface area contributed by atoms with Crippen molar-refractivity contribution in [3.63, 3.8) is 0 Å². The number of fused-ring (bicyclic) bond motifs is 1. The van der Waals surface area contributed by atoms with E-state index >= 15 is 0 Å². The van der Waals surface area contributed by atoms with E-state index < -0.39 is 0 Å². The van der Waals surface area contributed by atoms with Gasteiger partial charge in [-0.05, 0) is 47.0 Å². The van der Waals surface area contributed by atoms with Gasteiger partial charge in [0.1, 0.15) is 11.5 Å². The maximum atomic E-state index is 13.1. The van der Waals surface area contributed by atoms with Crippen molar-refractivity contribution in [1.82, 2.24) is 10.2 Å². The third kappa shape index (κ3) is 4.59. The highest BCUT2D eigenvalue weighted by Gasteiger charge is 2.34. The van der Waals surface area contributed by atoms with Crippen LogP contribution in [0, 0.1) is 0 Å². The lowest BCUT2D eigenvalue weighted by atomic mass is 10.0. The molecule has 0 aromatic heterocycles. The maximum Gasteiger partial charge on any atom is 0.255 e. The molecule has 32 heavy (non-hydrogen) atoms. The Kier molecular flexibility index (Phi) is 6.40. The minimum absolute atomic E-state index is 0.0537. The first-order chi connectivity index (χ1) is 15.6. The van der Waals surface area contributed by atoms with Crippen LogP contribution in [-0.4, -0.2) is 30.9 Å². The quantitative estimate of drug-likeness (QED) is 0.584. The molecule has 1 aliphatic rings. The minimum atomic E-state index is -0.383. The molecule has 164 valence electrons. The van der Waals surface area contributed by atoms with Crippen molar-refractivity contribution < 1.29 is 19.1 Å². The van der Waals surface area contributed by atoms with E-state index in [1.165, 1.54) is 0 Å². The largest absolute Gasteiger partial charge is 0.497 e. The normalized spacial score (nSPS) is 13.4. The third-order valence-electron chi connectivity index (χ3n) is 5.73. The summed E-state index contributed by atoms with van der Waals surface area (Å²) >= 11 is 0. The number of ether oxygens (including phenoxy) is 2. The molecule has 3 aromatic carbocycles. The van der Waals surface area contributed by atoms with Gasteiger partial charge in [0.05, 0.1) is 26.7 Å². The smallest absolute Gasteiger partial charge is 0.255 e. The molecule has 1 heterocycles. The Balaban J connectivity index is 1.52. The molecule has 3 aromatic rings. The van der Waals surface area contributed by atoms with Crippen LogP contribution in [0.2, 0.25) is 0 Å². The summed E-state index contributed by atoms with van der Waals surface area (Å²) in [6.45, 7) is 0.869. The van der Waals surface area contributed by atoms with Gasteiger partial charge in [-0.3, -0.25) is 9.59 Å². The highest BCUT2D eigenvalue weighted by atomic mass is 16.5. The lowest BCUT2D eigenvalue weighted by Gasteiger charge is -2.28. The van der Waals surface area contributed by atoms with Gasteiger partial charge in [0, 0.05) is 18.7 Å². The van der Waals surface area contributed by atoms with Gasteiger partial charge in [-0.25, -0.2) is 0 Å². The summed E-state index contributed by atoms with van der Waals surface area (Å²) in [5, 5.41) is 2.98. The van der Waals surface area contributed by atoms with Crippen LogP contribution in [0.3, 0.4) is 0 Å². The molecule has 0 aliphatic carbocycles. The van der Waals surface area contributed by atoms with Crippen molar-refractivity contribution in [3.8, 4) is 11.5 Å². The molecular weight excluding hydrogens is 404 g/mol. The van der Waals surface area contributed by atoms with E-state index in [4.69, 9.17) is 9.47 Å². The van der Waals surface area contributed by atoms with Crippen LogP contribution >= 0.6 is 0 Å². The fraction of sp³-hybridized carbons (Fsp3) is 0.231. The van der Waals surface area contributed by atoms with E-state index in [0.717, 1.165) is 28.2 Å². The first kappa shape index (κ1) is 21.4. The average Bonchev–Trinajstić information content (AvgIpc) is 3.17. The second kappa shape index (κ2) is 9.56. The second-order valence-corrected chi connectivity index (χ2v) is 7.71. The molecule has 0 saturated carbocycles. The number of nitrogens with one attached hydrogen (secondary N) is 1. The third-order valence-corrected chi connectivity index (χ3v) is 5.73. The van der Waals surface area contributed by atoms with Crippen molar-refractivity contribution in [2.75, 3.05) is 14.2 Å². The van der Waals surface area contributed by atoms with Crippen molar-refractivity contribution >= 4 is 11.8 Å². The van der Waals surface area contributed by atoms with Crippen molar-refractivity contribution in [2.24, 2.45) is 0 Å². The molecule has 1 aliphatic heterocycles. The van der Waals surface area contributed by atoms with Gasteiger partial charge in [0.2, 0.25) is 5.91 Å². The van der Waals surface area contributed by atoms with Crippen LogP contribution in [0.1, 0.15) is 39.5 Å². The van der Waals surface area contributed by atoms with E-state index in [1.54, 1.807) is 19.1 Å². The standard InChI is InChI=1S/C26H26N2O4/c1-31-21-12-10-19(11-13-21)24(28-17-20-7-3-4-9-23(20)26(28)30)15-25(29)27-16-18-6-5-8-22(14-18)32-2/h3-14,24H,15-17H2,1-2H3,(H,27,29). The van der Waals surface area contributed by atoms with Crippen LogP contribution in [0.15, 0.2) is 72.8 Å². The Morgan fingerprint density at radius 1 is 0.969 bits per heavy atom. The van der Waals surface area contributed by atoms with Gasteiger partial charge in [-0.15, -0.1) is 0 Å². The molecule has 6 nitrogen and oxygen atoms in total. The summed E-state index contributed by atoms with van der Waals surface area (Å²) in [5.74, 6) is 1.29. The predicted octanol–water partition coefficient (Wildman–Crippen LogP) is 4.11. The summed E-state index contributed by atoms with van der Waals surface area (Å²) in [4.78, 5) is 27.8. The predicted molar refractivity (Wildman–Crippen MR) is 122 cm³/mol. The fourth-order valence-electron chi connectivity index (χ4n) is 3.99. The van der Waals surface area contributed by atoms with E-state index in [0.29, 0.717) is 18.7 Å². The molecule has 0 fully saturated rings. The Bertz CT molecular complexity index is 1110. The highest BCUT2D eigenvalue weighted by Crippen LogP contribution is 2.34. The molecule has 0 bridgehead atoms. The molecule has 2 amide bonds. The summed E-state index contributed by atoms with van der Waals surface area (Å²) in [6, 6.07) is 22.3. The van der Waals surface area contributed by atoms with Crippen LogP contribution in [-0.2, 0) is 17.9 Å². The summed E-state index contributed by atoms with van der Waals surface area (Å²) < 4.78 is 10.5. The lowest BCUT2D eigenvalue weighted by Crippen LogP contribution is -2.34. The van der Waals surface area contributed by atoms with Gasteiger partial charge >= 0.3 is 0 Å². The summed E-state index contributed by atoms with van der Waals surface area (Å²) in [5.41, 5.74) is 3.52. The van der Waals surface area contributed by atoms with E-state index in [2.05, 4.69) is 5.32 Å². The van der Waals surface area contributed by atoms with Gasteiger partial charge in [0.15, 0.2) is 0 Å². The molecule has 1 atom stereocenters. The number of hydrogen-bond donors (Lipinski definition) is 1. The number of carbonyl (C=O) groups is 2. The lowest BCUT2D eigenvalue weighted by molar-refractivity contribution is -0.122. The maximum absolute atomic E-state index is 13.1. The molecule has 1 N–H and O–H groups in total. The number of hydrogen-bond acceptors (Lipinski definition) is 4. The zero-order valence-electron chi connectivity index (χ0n) is 18.2. The zero-order valence-corrected chi connectivity index (χ0v) is 18.2. The van der Waals surface area contributed by atoms with Crippen LogP contribution < -0.4 is 14.8 Å². The number of amides is 2. The Hall–Kier alpha value is -3.80. The molecule has 4 rings (SSSR count). The van der Waals surface area contributed by atoms with E-state index in [9.17, 15) is 9.59 Å². The number of rotatable bonds is 8. The molecule has 6 heteroatoms. The number of benzene rings is 3. The van der Waals surface area contributed by atoms with Crippen LogP contribution in [0.5, 0.6) is 11.5 Å². The first-order valence-electron chi connectivity index (χ1n) is 10.5. The monoisotopic (exact) mass is 430 g/mol. The highest BCUT2D eigenvalue weighted by molar-refractivity contribution is 5.98. The SMILES string of the molecule is COc1ccc(C(CC(=O)NCc2cccc(OC)c2)N2Cc3ccccc3C2=O)cc1. The van der Waals surface area contributed by atoms with E-state index in [-0.39, 0.29) is 24.3 Å².